The van der Waals surface area contributed by atoms with Crippen LogP contribution in [0.15, 0.2) is 24.3 Å². The van der Waals surface area contributed by atoms with Gasteiger partial charge in [-0.2, -0.15) is 5.10 Å². The molecule has 0 radical (unpaired) electrons. The van der Waals surface area contributed by atoms with Crippen LogP contribution in [0.5, 0.6) is 5.75 Å². The number of H-pyrrole nitrogens is 1. The van der Waals surface area contributed by atoms with Gasteiger partial charge in [-0.25, -0.2) is 0 Å². The van der Waals surface area contributed by atoms with Gasteiger partial charge in [0.15, 0.2) is 5.69 Å². The number of carbonyl (C=O) groups excluding carboxylic acids is 2. The van der Waals surface area contributed by atoms with E-state index in [1.54, 1.807) is 21.0 Å². The molecule has 1 heterocycles. The van der Waals surface area contributed by atoms with Crippen LogP contribution in [0.2, 0.25) is 0 Å². The van der Waals surface area contributed by atoms with Gasteiger partial charge in [0.25, 0.3) is 11.8 Å². The minimum absolute atomic E-state index is 0.0131. The zero-order chi connectivity index (χ0) is 17.7. The summed E-state index contributed by atoms with van der Waals surface area (Å²) in [5, 5.41) is 9.00. The minimum Gasteiger partial charge on any atom is -0.497 e. The van der Waals surface area contributed by atoms with E-state index in [2.05, 4.69) is 15.5 Å². The van der Waals surface area contributed by atoms with Crippen LogP contribution in [0.25, 0.3) is 0 Å². The third-order valence-electron chi connectivity index (χ3n) is 3.43. The number of rotatable bonds is 7. The molecule has 0 unspecified atom stereocenters. The Bertz CT molecular complexity index is 741. The van der Waals surface area contributed by atoms with Crippen LogP contribution in [0, 0.1) is 6.92 Å². The van der Waals surface area contributed by atoms with Crippen molar-refractivity contribution in [1.29, 1.82) is 0 Å². The molecule has 4 N–H and O–H groups in total. The number of aromatic amines is 1. The monoisotopic (exact) mass is 332 g/mol. The quantitative estimate of drug-likeness (QED) is 0.707. The zero-order valence-corrected chi connectivity index (χ0v) is 13.8. The van der Waals surface area contributed by atoms with E-state index >= 15 is 0 Å². The summed E-state index contributed by atoms with van der Waals surface area (Å²) >= 11 is 0. The van der Waals surface area contributed by atoms with E-state index < -0.39 is 17.9 Å². The molecule has 1 atom stereocenters. The van der Waals surface area contributed by atoms with Crippen LogP contribution < -0.4 is 15.8 Å². The SMILES string of the molecule is COc1cccc(CO[C@H](C)C(=O)Nc2c(C(N)=O)n[nH]c2C)c1. The molecule has 1 aromatic carbocycles. The van der Waals surface area contributed by atoms with Crippen LogP contribution in [0.1, 0.15) is 28.7 Å². The first-order chi connectivity index (χ1) is 11.4. The Kier molecular flexibility index (Phi) is 5.54. The first kappa shape index (κ1) is 17.5. The summed E-state index contributed by atoms with van der Waals surface area (Å²) in [4.78, 5) is 23.5. The van der Waals surface area contributed by atoms with Crippen LogP contribution in [0.3, 0.4) is 0 Å². The van der Waals surface area contributed by atoms with E-state index in [0.717, 1.165) is 5.56 Å². The van der Waals surface area contributed by atoms with Gasteiger partial charge in [-0.15, -0.1) is 0 Å². The number of nitrogens with two attached hydrogens (primary N) is 1. The molecule has 0 bridgehead atoms. The predicted octanol–water partition coefficient (Wildman–Crippen LogP) is 1.37. The summed E-state index contributed by atoms with van der Waals surface area (Å²) in [6.45, 7) is 3.55. The number of benzene rings is 1. The van der Waals surface area contributed by atoms with Crippen molar-refractivity contribution in [1.82, 2.24) is 10.2 Å². The van der Waals surface area contributed by atoms with Gasteiger partial charge in [-0.1, -0.05) is 12.1 Å². The molecule has 0 aliphatic carbocycles. The number of nitrogens with zero attached hydrogens (tertiary/aromatic N) is 1. The van der Waals surface area contributed by atoms with Crippen molar-refractivity contribution in [2.45, 2.75) is 26.6 Å². The maximum Gasteiger partial charge on any atom is 0.271 e. The average molecular weight is 332 g/mol. The highest BCUT2D eigenvalue weighted by molar-refractivity contribution is 6.03. The van der Waals surface area contributed by atoms with Crippen LogP contribution >= 0.6 is 0 Å². The van der Waals surface area contributed by atoms with Gasteiger partial charge in [0.2, 0.25) is 0 Å². The highest BCUT2D eigenvalue weighted by Crippen LogP contribution is 2.18. The van der Waals surface area contributed by atoms with E-state index in [4.69, 9.17) is 15.2 Å². The molecular weight excluding hydrogens is 312 g/mol. The fourth-order valence-corrected chi connectivity index (χ4v) is 2.04. The molecule has 2 rings (SSSR count). The summed E-state index contributed by atoms with van der Waals surface area (Å²) < 4.78 is 10.7. The molecule has 0 spiro atoms. The topological polar surface area (TPSA) is 119 Å². The number of amides is 2. The lowest BCUT2D eigenvalue weighted by Crippen LogP contribution is -2.29. The molecule has 128 valence electrons. The first-order valence-corrected chi connectivity index (χ1v) is 7.32. The van der Waals surface area contributed by atoms with Crippen molar-refractivity contribution in [3.05, 3.63) is 41.2 Å². The molecule has 2 aromatic rings. The van der Waals surface area contributed by atoms with Gasteiger partial charge in [-0.3, -0.25) is 14.7 Å². The summed E-state index contributed by atoms with van der Waals surface area (Å²) in [7, 11) is 1.58. The Labute approximate surface area is 139 Å². The molecule has 0 saturated heterocycles. The molecular formula is C16H20N4O4. The predicted molar refractivity (Wildman–Crippen MR) is 87.7 cm³/mol. The third-order valence-corrected chi connectivity index (χ3v) is 3.43. The van der Waals surface area contributed by atoms with Gasteiger partial charge in [0.05, 0.1) is 25.1 Å². The highest BCUT2D eigenvalue weighted by Gasteiger charge is 2.20. The Balaban J connectivity index is 1.97. The van der Waals surface area contributed by atoms with Crippen molar-refractivity contribution in [2.24, 2.45) is 5.73 Å². The molecule has 1 aromatic heterocycles. The number of nitrogens with one attached hydrogen (secondary N) is 2. The number of hydrogen-bond acceptors (Lipinski definition) is 5. The highest BCUT2D eigenvalue weighted by atomic mass is 16.5. The first-order valence-electron chi connectivity index (χ1n) is 7.32. The summed E-state index contributed by atoms with van der Waals surface area (Å²) in [6, 6.07) is 7.37. The molecule has 8 nitrogen and oxygen atoms in total. The number of ether oxygens (including phenoxy) is 2. The zero-order valence-electron chi connectivity index (χ0n) is 13.8. The van der Waals surface area contributed by atoms with Gasteiger partial charge in [-0.05, 0) is 31.5 Å². The summed E-state index contributed by atoms with van der Waals surface area (Å²) in [5.74, 6) is -0.405. The molecule has 0 saturated carbocycles. The van der Waals surface area contributed by atoms with Crippen molar-refractivity contribution in [2.75, 3.05) is 12.4 Å². The van der Waals surface area contributed by atoms with Crippen molar-refractivity contribution in [3.8, 4) is 5.75 Å². The second-order valence-electron chi connectivity index (χ2n) is 5.23. The van der Waals surface area contributed by atoms with E-state index in [9.17, 15) is 9.59 Å². The van der Waals surface area contributed by atoms with Gasteiger partial charge < -0.3 is 20.5 Å². The van der Waals surface area contributed by atoms with Gasteiger partial charge in [0, 0.05) is 0 Å². The summed E-state index contributed by atoms with van der Waals surface area (Å²) in [6.07, 6.45) is -0.730. The Morgan fingerprint density at radius 2 is 2.17 bits per heavy atom. The molecule has 0 aliphatic rings. The molecule has 0 fully saturated rings. The number of aromatic nitrogens is 2. The number of aryl methyl sites for hydroxylation is 1. The lowest BCUT2D eigenvalue weighted by molar-refractivity contribution is -0.127. The fourth-order valence-electron chi connectivity index (χ4n) is 2.04. The summed E-state index contributed by atoms with van der Waals surface area (Å²) in [5.41, 5.74) is 6.90. The van der Waals surface area contributed by atoms with Gasteiger partial charge >= 0.3 is 0 Å². The third kappa shape index (κ3) is 4.11. The fraction of sp³-hybridized carbons (Fsp3) is 0.312. The van der Waals surface area contributed by atoms with E-state index in [1.165, 1.54) is 0 Å². The second-order valence-corrected chi connectivity index (χ2v) is 5.23. The maximum absolute atomic E-state index is 12.2. The van der Waals surface area contributed by atoms with E-state index in [0.29, 0.717) is 11.4 Å². The normalized spacial score (nSPS) is 11.8. The van der Waals surface area contributed by atoms with E-state index in [1.807, 2.05) is 24.3 Å². The van der Waals surface area contributed by atoms with Crippen molar-refractivity contribution in [3.63, 3.8) is 0 Å². The molecule has 8 heteroatoms. The lowest BCUT2D eigenvalue weighted by atomic mass is 10.2. The minimum atomic E-state index is -0.730. The smallest absolute Gasteiger partial charge is 0.271 e. The van der Waals surface area contributed by atoms with Crippen molar-refractivity contribution < 1.29 is 19.1 Å². The number of hydrogen-bond donors (Lipinski definition) is 3. The molecule has 0 aliphatic heterocycles. The van der Waals surface area contributed by atoms with Crippen LogP contribution in [0.4, 0.5) is 5.69 Å². The van der Waals surface area contributed by atoms with E-state index in [-0.39, 0.29) is 18.0 Å². The Morgan fingerprint density at radius 1 is 1.42 bits per heavy atom. The second kappa shape index (κ2) is 7.60. The number of methoxy groups -OCH3 is 1. The number of anilines is 1. The maximum atomic E-state index is 12.2. The number of primary amides is 1. The standard InChI is InChI=1S/C16H20N4O4/c1-9-13(14(15(17)21)20-19-9)18-16(22)10(2)24-8-11-5-4-6-12(7-11)23-3/h4-7,10H,8H2,1-3H3,(H2,17,21)(H,18,22)(H,19,20)/t10-/m1/s1. The molecule has 24 heavy (non-hydrogen) atoms. The average Bonchev–Trinajstić information content (AvgIpc) is 2.93. The lowest BCUT2D eigenvalue weighted by Gasteiger charge is -2.14. The number of carbonyl (C=O) groups is 2. The van der Waals surface area contributed by atoms with Crippen LogP contribution in [-0.2, 0) is 16.1 Å². The molecule has 2 amide bonds. The van der Waals surface area contributed by atoms with Gasteiger partial charge in [0.1, 0.15) is 11.9 Å². The Morgan fingerprint density at radius 3 is 2.83 bits per heavy atom. The van der Waals surface area contributed by atoms with Crippen LogP contribution in [-0.4, -0.2) is 35.2 Å². The Hall–Kier alpha value is -2.87. The van der Waals surface area contributed by atoms with Crippen molar-refractivity contribution >= 4 is 17.5 Å². The largest absolute Gasteiger partial charge is 0.497 e.